The molecule has 0 fully saturated rings. The van der Waals surface area contributed by atoms with Crippen LogP contribution in [-0.2, 0) is 17.8 Å². The first kappa shape index (κ1) is 18.5. The zero-order chi connectivity index (χ0) is 17.2. The fraction of sp³-hybridized carbons (Fsp3) is 0.600. The number of amides is 1. The third kappa shape index (κ3) is 5.66. The van der Waals surface area contributed by atoms with Gasteiger partial charge in [0.2, 0.25) is 5.91 Å². The maximum Gasteiger partial charge on any atom is 0.216 e. The number of imidazole rings is 1. The topological polar surface area (TPSA) is 46.9 Å². The smallest absolute Gasteiger partial charge is 0.216 e. The van der Waals surface area contributed by atoms with Crippen molar-refractivity contribution in [2.75, 3.05) is 6.54 Å². The molecule has 132 valence electrons. The molecule has 24 heavy (non-hydrogen) atoms. The van der Waals surface area contributed by atoms with E-state index in [0.29, 0.717) is 0 Å². The van der Waals surface area contributed by atoms with Crippen LogP contribution in [0, 0.1) is 0 Å². The van der Waals surface area contributed by atoms with Crippen LogP contribution in [0.3, 0.4) is 0 Å². The molecule has 0 atom stereocenters. The fourth-order valence-corrected chi connectivity index (χ4v) is 3.11. The highest BCUT2D eigenvalue weighted by Crippen LogP contribution is 2.19. The van der Waals surface area contributed by atoms with Crippen molar-refractivity contribution < 1.29 is 4.79 Å². The Labute approximate surface area is 145 Å². The number of rotatable bonds is 11. The Morgan fingerprint density at radius 3 is 2.67 bits per heavy atom. The summed E-state index contributed by atoms with van der Waals surface area (Å²) in [5.74, 6) is 1.27. The molecule has 2 aromatic rings. The average molecular weight is 329 g/mol. The number of carbonyl (C=O) groups is 1. The van der Waals surface area contributed by atoms with Gasteiger partial charge < -0.3 is 9.88 Å². The number of hydrogen-bond donors (Lipinski definition) is 1. The summed E-state index contributed by atoms with van der Waals surface area (Å²) < 4.78 is 2.42. The van der Waals surface area contributed by atoms with Crippen molar-refractivity contribution in [2.45, 2.75) is 71.8 Å². The third-order valence-electron chi connectivity index (χ3n) is 4.42. The van der Waals surface area contributed by atoms with Crippen LogP contribution in [0.2, 0.25) is 0 Å². The van der Waals surface area contributed by atoms with Gasteiger partial charge in [0, 0.05) is 26.4 Å². The van der Waals surface area contributed by atoms with Crippen LogP contribution in [-0.4, -0.2) is 22.0 Å². The predicted octanol–water partition coefficient (Wildman–Crippen LogP) is 4.47. The molecule has 0 saturated heterocycles. The standard InChI is InChI=1S/C20H31N3O/c1-3-4-5-11-16-23-19-13-9-8-12-18(19)22-20(23)14-7-6-10-15-21-17(2)24/h8-9,12-13H,3-7,10-11,14-16H2,1-2H3,(H,21,24). The zero-order valence-electron chi connectivity index (χ0n) is 15.2. The van der Waals surface area contributed by atoms with Crippen molar-refractivity contribution in [1.82, 2.24) is 14.9 Å². The highest BCUT2D eigenvalue weighted by molar-refractivity contribution is 5.75. The van der Waals surface area contributed by atoms with Crippen molar-refractivity contribution in [3.8, 4) is 0 Å². The Balaban J connectivity index is 1.91. The molecule has 1 N–H and O–H groups in total. The lowest BCUT2D eigenvalue weighted by atomic mass is 10.1. The molecule has 1 heterocycles. The van der Waals surface area contributed by atoms with Gasteiger partial charge in [0.25, 0.3) is 0 Å². The summed E-state index contributed by atoms with van der Waals surface area (Å²) in [4.78, 5) is 15.7. The summed E-state index contributed by atoms with van der Waals surface area (Å²) in [6.07, 6.45) is 9.40. The number of fused-ring (bicyclic) bond motifs is 1. The van der Waals surface area contributed by atoms with Gasteiger partial charge in [0.1, 0.15) is 5.82 Å². The van der Waals surface area contributed by atoms with E-state index in [0.717, 1.165) is 44.3 Å². The molecule has 0 spiro atoms. The minimum absolute atomic E-state index is 0.0591. The first-order valence-corrected chi connectivity index (χ1v) is 9.41. The van der Waals surface area contributed by atoms with E-state index in [4.69, 9.17) is 4.98 Å². The molecular weight excluding hydrogens is 298 g/mol. The molecule has 0 aliphatic rings. The van der Waals surface area contributed by atoms with Crippen molar-refractivity contribution in [2.24, 2.45) is 0 Å². The Kier molecular flexibility index (Phi) is 7.80. The van der Waals surface area contributed by atoms with Gasteiger partial charge in [0.15, 0.2) is 0 Å². The van der Waals surface area contributed by atoms with Crippen LogP contribution >= 0.6 is 0 Å². The van der Waals surface area contributed by atoms with E-state index in [-0.39, 0.29) is 5.91 Å². The van der Waals surface area contributed by atoms with Crippen LogP contribution in [0.25, 0.3) is 11.0 Å². The van der Waals surface area contributed by atoms with E-state index in [1.807, 2.05) is 0 Å². The van der Waals surface area contributed by atoms with Crippen molar-refractivity contribution in [3.05, 3.63) is 30.1 Å². The van der Waals surface area contributed by atoms with Gasteiger partial charge in [-0.05, 0) is 31.4 Å². The maximum absolute atomic E-state index is 10.9. The third-order valence-corrected chi connectivity index (χ3v) is 4.42. The Bertz CT molecular complexity index is 633. The summed E-state index contributed by atoms with van der Waals surface area (Å²) in [7, 11) is 0. The highest BCUT2D eigenvalue weighted by atomic mass is 16.1. The summed E-state index contributed by atoms with van der Waals surface area (Å²) in [6.45, 7) is 5.67. The van der Waals surface area contributed by atoms with Crippen LogP contribution in [0.15, 0.2) is 24.3 Å². The summed E-state index contributed by atoms with van der Waals surface area (Å²) in [5.41, 5.74) is 2.38. The first-order chi connectivity index (χ1) is 11.7. The summed E-state index contributed by atoms with van der Waals surface area (Å²) in [5, 5.41) is 2.86. The largest absolute Gasteiger partial charge is 0.356 e. The van der Waals surface area contributed by atoms with Crippen LogP contribution in [0.5, 0.6) is 0 Å². The Morgan fingerprint density at radius 1 is 1.08 bits per heavy atom. The molecule has 0 aliphatic heterocycles. The Hall–Kier alpha value is -1.84. The van der Waals surface area contributed by atoms with Crippen molar-refractivity contribution in [3.63, 3.8) is 0 Å². The number of hydrogen-bond acceptors (Lipinski definition) is 2. The van der Waals surface area contributed by atoms with Gasteiger partial charge in [-0.15, -0.1) is 0 Å². The molecule has 2 rings (SSSR count). The summed E-state index contributed by atoms with van der Waals surface area (Å²) in [6, 6.07) is 8.46. The zero-order valence-corrected chi connectivity index (χ0v) is 15.2. The van der Waals surface area contributed by atoms with Crippen LogP contribution in [0.4, 0.5) is 0 Å². The molecule has 0 radical (unpaired) electrons. The second-order valence-electron chi connectivity index (χ2n) is 6.52. The van der Waals surface area contributed by atoms with E-state index < -0.39 is 0 Å². The molecule has 1 amide bonds. The molecule has 0 aliphatic carbocycles. The number of nitrogens with one attached hydrogen (secondary N) is 1. The predicted molar refractivity (Wildman–Crippen MR) is 100 cm³/mol. The first-order valence-electron chi connectivity index (χ1n) is 9.41. The number of aryl methyl sites for hydroxylation is 2. The lowest BCUT2D eigenvalue weighted by Gasteiger charge is -2.09. The van der Waals surface area contributed by atoms with Gasteiger partial charge in [-0.2, -0.15) is 0 Å². The molecule has 1 aromatic carbocycles. The van der Waals surface area contributed by atoms with Crippen LogP contribution < -0.4 is 5.32 Å². The number of benzene rings is 1. The molecule has 4 heteroatoms. The number of carbonyl (C=O) groups excluding carboxylic acids is 1. The minimum atomic E-state index is 0.0591. The van der Waals surface area contributed by atoms with Gasteiger partial charge in [0.05, 0.1) is 11.0 Å². The van der Waals surface area contributed by atoms with Crippen LogP contribution in [0.1, 0.15) is 64.6 Å². The van der Waals surface area contributed by atoms with Crippen molar-refractivity contribution in [1.29, 1.82) is 0 Å². The second kappa shape index (κ2) is 10.1. The van der Waals surface area contributed by atoms with Gasteiger partial charge in [-0.1, -0.05) is 44.7 Å². The highest BCUT2D eigenvalue weighted by Gasteiger charge is 2.09. The van der Waals surface area contributed by atoms with Gasteiger partial charge >= 0.3 is 0 Å². The average Bonchev–Trinajstić information content (AvgIpc) is 2.92. The number of para-hydroxylation sites is 2. The minimum Gasteiger partial charge on any atom is -0.356 e. The van der Waals surface area contributed by atoms with E-state index >= 15 is 0 Å². The SMILES string of the molecule is CCCCCCn1c(CCCCCNC(C)=O)nc2ccccc21. The van der Waals surface area contributed by atoms with Crippen molar-refractivity contribution >= 4 is 16.9 Å². The van der Waals surface area contributed by atoms with E-state index in [1.165, 1.54) is 37.0 Å². The Morgan fingerprint density at radius 2 is 1.88 bits per heavy atom. The number of aromatic nitrogens is 2. The molecule has 0 saturated carbocycles. The number of unbranched alkanes of at least 4 members (excludes halogenated alkanes) is 5. The quantitative estimate of drug-likeness (QED) is 0.618. The fourth-order valence-electron chi connectivity index (χ4n) is 3.11. The molecule has 0 unspecified atom stereocenters. The lowest BCUT2D eigenvalue weighted by Crippen LogP contribution is -2.20. The van der Waals surface area contributed by atoms with Gasteiger partial charge in [-0.3, -0.25) is 4.79 Å². The molecule has 1 aromatic heterocycles. The van der Waals surface area contributed by atoms with E-state index in [2.05, 4.69) is 41.1 Å². The summed E-state index contributed by atoms with van der Waals surface area (Å²) >= 11 is 0. The molecular formula is C20H31N3O. The normalized spacial score (nSPS) is 11.1. The maximum atomic E-state index is 10.9. The van der Waals surface area contributed by atoms with E-state index in [9.17, 15) is 4.79 Å². The molecule has 4 nitrogen and oxygen atoms in total. The lowest BCUT2D eigenvalue weighted by molar-refractivity contribution is -0.118. The molecule has 0 bridgehead atoms. The number of nitrogens with zero attached hydrogens (tertiary/aromatic N) is 2. The monoisotopic (exact) mass is 329 g/mol. The second-order valence-corrected chi connectivity index (χ2v) is 6.52. The van der Waals surface area contributed by atoms with Gasteiger partial charge in [-0.25, -0.2) is 4.98 Å². The van der Waals surface area contributed by atoms with E-state index in [1.54, 1.807) is 6.92 Å².